The number of rotatable bonds is 7. The number of halogens is 1. The molecule has 0 amide bonds. The van der Waals surface area contributed by atoms with Crippen LogP contribution in [0.1, 0.15) is 6.92 Å². The minimum atomic E-state index is -0.525. The van der Waals surface area contributed by atoms with Crippen LogP contribution < -0.4 is 9.64 Å². The number of hydrogen-bond donors (Lipinski definition) is 0. The van der Waals surface area contributed by atoms with E-state index in [1.807, 2.05) is 18.2 Å². The lowest BCUT2D eigenvalue weighted by molar-refractivity contribution is 0.270. The van der Waals surface area contributed by atoms with Crippen LogP contribution in [0.5, 0.6) is 5.88 Å². The summed E-state index contributed by atoms with van der Waals surface area (Å²) in [5.41, 5.74) is 1.62. The standard InChI is InChI=1S/C21H26FN7O/c1-3-27-10-12-28(13-11-27)18-14-16(6-8-23-18)20-25-21(29(26-20)9-7-22)17-4-5-19(30-2)24-15-17/h4-6,8,14-15H,3,7,9-13H2,1-2H3. The van der Waals surface area contributed by atoms with Crippen molar-refractivity contribution in [2.75, 3.05) is 51.4 Å². The van der Waals surface area contributed by atoms with Gasteiger partial charge in [-0.15, -0.1) is 0 Å². The van der Waals surface area contributed by atoms with Crippen molar-refractivity contribution in [3.63, 3.8) is 0 Å². The molecule has 158 valence electrons. The van der Waals surface area contributed by atoms with E-state index in [1.165, 1.54) is 0 Å². The first-order valence-corrected chi connectivity index (χ1v) is 10.2. The van der Waals surface area contributed by atoms with Crippen molar-refractivity contribution in [1.82, 2.24) is 29.6 Å². The van der Waals surface area contributed by atoms with Gasteiger partial charge in [-0.25, -0.2) is 24.0 Å². The number of ether oxygens (including phenoxy) is 1. The molecule has 0 aliphatic carbocycles. The minimum Gasteiger partial charge on any atom is -0.481 e. The molecule has 1 aliphatic heterocycles. The Balaban J connectivity index is 1.62. The summed E-state index contributed by atoms with van der Waals surface area (Å²) in [5.74, 6) is 2.55. The molecule has 30 heavy (non-hydrogen) atoms. The van der Waals surface area contributed by atoms with Gasteiger partial charge in [0.2, 0.25) is 5.88 Å². The Morgan fingerprint density at radius 1 is 1.07 bits per heavy atom. The highest BCUT2D eigenvalue weighted by Gasteiger charge is 2.19. The lowest BCUT2D eigenvalue weighted by Gasteiger charge is -2.34. The molecule has 0 spiro atoms. The van der Waals surface area contributed by atoms with Gasteiger partial charge in [-0.1, -0.05) is 6.92 Å². The number of aryl methyl sites for hydroxylation is 1. The SMILES string of the molecule is CCN1CCN(c2cc(-c3nc(-c4ccc(OC)nc4)n(CCF)n3)ccn2)CC1. The largest absolute Gasteiger partial charge is 0.481 e. The van der Waals surface area contributed by atoms with E-state index in [-0.39, 0.29) is 6.54 Å². The lowest BCUT2D eigenvalue weighted by Crippen LogP contribution is -2.46. The summed E-state index contributed by atoms with van der Waals surface area (Å²) in [5, 5.41) is 4.55. The summed E-state index contributed by atoms with van der Waals surface area (Å²) < 4.78 is 19.8. The summed E-state index contributed by atoms with van der Waals surface area (Å²) >= 11 is 0. The van der Waals surface area contributed by atoms with Crippen LogP contribution in [0.3, 0.4) is 0 Å². The Bertz CT molecular complexity index is 968. The van der Waals surface area contributed by atoms with E-state index in [0.29, 0.717) is 17.5 Å². The molecule has 1 saturated heterocycles. The lowest BCUT2D eigenvalue weighted by atomic mass is 10.2. The summed E-state index contributed by atoms with van der Waals surface area (Å²) in [6.45, 7) is 6.80. The van der Waals surface area contributed by atoms with E-state index >= 15 is 0 Å². The molecular weight excluding hydrogens is 385 g/mol. The second-order valence-corrected chi connectivity index (χ2v) is 7.08. The quantitative estimate of drug-likeness (QED) is 0.592. The van der Waals surface area contributed by atoms with Gasteiger partial charge in [0.05, 0.1) is 13.7 Å². The van der Waals surface area contributed by atoms with Crippen LogP contribution in [0, 0.1) is 0 Å². The van der Waals surface area contributed by atoms with Crippen LogP contribution in [0.25, 0.3) is 22.8 Å². The molecule has 0 atom stereocenters. The van der Waals surface area contributed by atoms with Gasteiger partial charge in [0, 0.05) is 55.8 Å². The van der Waals surface area contributed by atoms with E-state index in [1.54, 1.807) is 30.3 Å². The Morgan fingerprint density at radius 2 is 1.90 bits per heavy atom. The van der Waals surface area contributed by atoms with Crippen LogP contribution in [0.2, 0.25) is 0 Å². The van der Waals surface area contributed by atoms with Crippen LogP contribution in [-0.4, -0.2) is 76.1 Å². The predicted octanol–water partition coefficient (Wildman–Crippen LogP) is 2.52. The van der Waals surface area contributed by atoms with Crippen LogP contribution in [-0.2, 0) is 6.54 Å². The third kappa shape index (κ3) is 4.25. The number of pyridine rings is 2. The van der Waals surface area contributed by atoms with Gasteiger partial charge in [0.1, 0.15) is 12.5 Å². The average molecular weight is 411 g/mol. The highest BCUT2D eigenvalue weighted by molar-refractivity contribution is 5.64. The number of alkyl halides is 1. The van der Waals surface area contributed by atoms with Crippen molar-refractivity contribution >= 4 is 5.82 Å². The van der Waals surface area contributed by atoms with Gasteiger partial charge >= 0.3 is 0 Å². The van der Waals surface area contributed by atoms with Crippen molar-refractivity contribution in [3.8, 4) is 28.7 Å². The maximum atomic E-state index is 13.1. The number of aromatic nitrogens is 5. The minimum absolute atomic E-state index is 0.130. The van der Waals surface area contributed by atoms with Gasteiger partial charge in [-0.2, -0.15) is 5.10 Å². The van der Waals surface area contributed by atoms with E-state index in [4.69, 9.17) is 4.74 Å². The van der Waals surface area contributed by atoms with Crippen LogP contribution in [0.4, 0.5) is 10.2 Å². The average Bonchev–Trinajstić information content (AvgIpc) is 3.23. The zero-order valence-corrected chi connectivity index (χ0v) is 17.3. The van der Waals surface area contributed by atoms with Crippen LogP contribution in [0.15, 0.2) is 36.7 Å². The fourth-order valence-electron chi connectivity index (χ4n) is 3.57. The number of piperazine rings is 1. The number of methoxy groups -OCH3 is 1. The van der Waals surface area contributed by atoms with Crippen LogP contribution >= 0.6 is 0 Å². The second kappa shape index (κ2) is 9.17. The van der Waals surface area contributed by atoms with E-state index < -0.39 is 6.67 Å². The first-order chi connectivity index (χ1) is 14.7. The first-order valence-electron chi connectivity index (χ1n) is 10.2. The summed E-state index contributed by atoms with van der Waals surface area (Å²) in [6, 6.07) is 7.49. The molecule has 0 unspecified atom stereocenters. The van der Waals surface area contributed by atoms with Crippen molar-refractivity contribution < 1.29 is 9.13 Å². The second-order valence-electron chi connectivity index (χ2n) is 7.08. The molecule has 9 heteroatoms. The van der Waals surface area contributed by atoms with Crippen molar-refractivity contribution in [1.29, 1.82) is 0 Å². The van der Waals surface area contributed by atoms with Gasteiger partial charge in [-0.05, 0) is 24.7 Å². The highest BCUT2D eigenvalue weighted by Crippen LogP contribution is 2.25. The molecule has 0 bridgehead atoms. The molecule has 4 rings (SSSR count). The van der Waals surface area contributed by atoms with E-state index in [9.17, 15) is 4.39 Å². The van der Waals surface area contributed by atoms with E-state index in [0.717, 1.165) is 49.7 Å². The smallest absolute Gasteiger partial charge is 0.212 e. The molecule has 0 saturated carbocycles. The summed E-state index contributed by atoms with van der Waals surface area (Å²) in [7, 11) is 1.56. The maximum absolute atomic E-state index is 13.1. The normalized spacial score (nSPS) is 14.8. The third-order valence-corrected chi connectivity index (χ3v) is 5.32. The molecule has 0 N–H and O–H groups in total. The van der Waals surface area contributed by atoms with Crippen molar-refractivity contribution in [3.05, 3.63) is 36.7 Å². The fraction of sp³-hybridized carbons (Fsp3) is 0.429. The maximum Gasteiger partial charge on any atom is 0.212 e. The zero-order valence-electron chi connectivity index (χ0n) is 17.3. The number of nitrogens with zero attached hydrogens (tertiary/aromatic N) is 7. The topological polar surface area (TPSA) is 72.2 Å². The first kappa shape index (κ1) is 20.2. The molecule has 8 nitrogen and oxygen atoms in total. The molecule has 3 aromatic heterocycles. The third-order valence-electron chi connectivity index (χ3n) is 5.32. The number of anilines is 1. The van der Waals surface area contributed by atoms with Gasteiger partial charge in [-0.3, -0.25) is 0 Å². The Kier molecular flexibility index (Phi) is 6.18. The summed E-state index contributed by atoms with van der Waals surface area (Å²) in [4.78, 5) is 18.2. The molecule has 1 fully saturated rings. The predicted molar refractivity (Wildman–Crippen MR) is 113 cm³/mol. The molecular formula is C21H26FN7O. The van der Waals surface area contributed by atoms with Gasteiger partial charge in [0.15, 0.2) is 11.6 Å². The highest BCUT2D eigenvalue weighted by atomic mass is 19.1. The Labute approximate surface area is 175 Å². The number of hydrogen-bond acceptors (Lipinski definition) is 7. The number of likely N-dealkylation sites (N-methyl/N-ethyl adjacent to an activating group) is 1. The Morgan fingerprint density at radius 3 is 2.57 bits per heavy atom. The molecule has 0 radical (unpaired) electrons. The van der Waals surface area contributed by atoms with Gasteiger partial charge < -0.3 is 14.5 Å². The zero-order chi connectivity index (χ0) is 20.9. The molecule has 0 aromatic carbocycles. The summed E-state index contributed by atoms with van der Waals surface area (Å²) in [6.07, 6.45) is 3.44. The fourth-order valence-corrected chi connectivity index (χ4v) is 3.57. The van der Waals surface area contributed by atoms with Crippen molar-refractivity contribution in [2.24, 2.45) is 0 Å². The molecule has 3 aromatic rings. The monoisotopic (exact) mass is 411 g/mol. The van der Waals surface area contributed by atoms with Crippen molar-refractivity contribution in [2.45, 2.75) is 13.5 Å². The molecule has 1 aliphatic rings. The Hall–Kier alpha value is -3.07. The molecule has 4 heterocycles. The van der Waals surface area contributed by atoms with Gasteiger partial charge in [0.25, 0.3) is 0 Å². The van der Waals surface area contributed by atoms with E-state index in [2.05, 4.69) is 36.8 Å².